The molecule has 356 valence electrons. The fourth-order valence-electron chi connectivity index (χ4n) is 7.49. The molecule has 17 nitrogen and oxygen atoms in total. The standard InChI is InChI=1S/C13H12BrNO3P.C13H11NO3P.C12H7NO4.C12H8NO3P/c1-15-5-4-11(10(14)7-15)17-13-6-9(8-16)2-3-12(13)18-19;1-14-5-4-10-9(6-14)12-8(7-15)2-3-11(17-18)13(12)16-10;14-6-7-1-2-9(15)12-11(7)8-5-13(16)4-3-10(8)17-12;14-6-7-1-2-10(16-17)12-11(7)8-5-13-4-3-9(8)15-12/h2-8H,19H2,1H3;2-7H,18H2,1H3;1-6H,(H-,14,15,16);1-6H,17H2/q2*+1;;/p+1. The molecule has 4 aromatic carbocycles. The van der Waals surface area contributed by atoms with E-state index in [4.69, 9.17) is 31.6 Å². The smallest absolute Gasteiger partial charge is 0.233 e. The Balaban J connectivity index is 0.000000127. The Morgan fingerprint density at radius 2 is 1.08 bits per heavy atom. The number of benzene rings is 4. The number of hydrogen-bond acceptors (Lipinski definition) is 14. The van der Waals surface area contributed by atoms with Crippen LogP contribution in [0.1, 0.15) is 41.4 Å². The number of halogens is 1. The third-order valence-electron chi connectivity index (χ3n) is 10.8. The number of phenols is 1. The number of rotatable bonds is 9. The van der Waals surface area contributed by atoms with Crippen molar-refractivity contribution in [2.24, 2.45) is 14.1 Å². The number of fused-ring (bicyclic) bond motifs is 9. The van der Waals surface area contributed by atoms with Gasteiger partial charge < -0.3 is 36.7 Å². The molecule has 71 heavy (non-hydrogen) atoms. The number of aryl methyl sites for hydroxylation is 2. The van der Waals surface area contributed by atoms with Crippen molar-refractivity contribution in [3.05, 3.63) is 155 Å². The van der Waals surface area contributed by atoms with Gasteiger partial charge in [0.1, 0.15) is 41.6 Å². The third kappa shape index (κ3) is 10.2. The lowest BCUT2D eigenvalue weighted by molar-refractivity contribution is -0.903. The maximum absolute atomic E-state index is 11.2. The first-order chi connectivity index (χ1) is 34.4. The maximum Gasteiger partial charge on any atom is 0.233 e. The quantitative estimate of drug-likeness (QED) is 0.0597. The van der Waals surface area contributed by atoms with Crippen LogP contribution in [0.4, 0.5) is 0 Å². The van der Waals surface area contributed by atoms with Crippen molar-refractivity contribution in [1.82, 2.24) is 4.98 Å². The Morgan fingerprint density at radius 1 is 0.563 bits per heavy atom. The highest BCUT2D eigenvalue weighted by Gasteiger charge is 2.20. The van der Waals surface area contributed by atoms with Crippen LogP contribution in [0.15, 0.2) is 146 Å². The number of aromatic nitrogens is 4. The summed E-state index contributed by atoms with van der Waals surface area (Å²) in [7, 11) is 10.4. The van der Waals surface area contributed by atoms with Crippen LogP contribution >= 0.6 is 44.3 Å². The summed E-state index contributed by atoms with van der Waals surface area (Å²) in [6.07, 6.45) is 16.8. The van der Waals surface area contributed by atoms with Crippen molar-refractivity contribution in [2.75, 3.05) is 0 Å². The molecule has 3 atom stereocenters. The monoisotopic (exact) mass is 1080 g/mol. The summed E-state index contributed by atoms with van der Waals surface area (Å²) in [5, 5.41) is 23.4. The molecule has 0 amide bonds. The van der Waals surface area contributed by atoms with E-state index in [1.165, 1.54) is 24.5 Å². The largest absolute Gasteiger partial charge is 0.504 e. The van der Waals surface area contributed by atoms with Gasteiger partial charge in [0.05, 0.1) is 45.2 Å². The molecule has 0 saturated carbocycles. The molecule has 0 saturated heterocycles. The number of aldehydes is 4. The first-order valence-electron chi connectivity index (χ1n) is 20.7. The highest BCUT2D eigenvalue weighted by atomic mass is 79.9. The summed E-state index contributed by atoms with van der Waals surface area (Å²) in [6, 6.07) is 21.8. The molecule has 0 spiro atoms. The summed E-state index contributed by atoms with van der Waals surface area (Å²) < 4.78 is 43.6. The highest BCUT2D eigenvalue weighted by Crippen LogP contribution is 2.40. The minimum absolute atomic E-state index is 0.0358. The molecule has 0 radical (unpaired) electrons. The number of furan rings is 3. The Kier molecular flexibility index (Phi) is 15.2. The molecule has 0 fully saturated rings. The lowest BCUT2D eigenvalue weighted by Crippen LogP contribution is -2.27. The van der Waals surface area contributed by atoms with Gasteiger partial charge in [-0.1, -0.05) is 0 Å². The Labute approximate surface area is 417 Å². The second-order valence-corrected chi connectivity index (χ2v) is 16.8. The number of pyridine rings is 4. The van der Waals surface area contributed by atoms with Gasteiger partial charge in [0.25, 0.3) is 0 Å². The fraction of sp³-hybridized carbons (Fsp3) is 0.0400. The number of hydrogen-bond donors (Lipinski definition) is 2. The van der Waals surface area contributed by atoms with Gasteiger partial charge in [-0.25, -0.2) is 9.13 Å². The van der Waals surface area contributed by atoms with Crippen LogP contribution in [0.5, 0.6) is 34.5 Å². The molecular weight excluding hydrogens is 1040 g/mol. The average Bonchev–Trinajstić information content (AvgIpc) is 4.10. The predicted molar refractivity (Wildman–Crippen MR) is 274 cm³/mol. The normalized spacial score (nSPS) is 10.7. The molecule has 2 N–H and O–H groups in total. The zero-order valence-electron chi connectivity index (χ0n) is 37.2. The second-order valence-electron chi connectivity index (χ2n) is 15.2. The first-order valence-corrected chi connectivity index (χ1v) is 22.9. The van der Waals surface area contributed by atoms with E-state index in [2.05, 4.69) is 49.3 Å². The molecule has 0 aliphatic rings. The van der Waals surface area contributed by atoms with Crippen LogP contribution in [0, 0.1) is 0 Å². The van der Waals surface area contributed by atoms with Gasteiger partial charge in [0.2, 0.25) is 12.4 Å². The molecule has 0 bridgehead atoms. The van der Waals surface area contributed by atoms with E-state index in [1.54, 1.807) is 67.0 Å². The fourth-order valence-corrected chi connectivity index (χ4v) is 8.59. The van der Waals surface area contributed by atoms with Crippen LogP contribution in [-0.2, 0) is 14.1 Å². The molecular formula is C50H39BrN4O13P3+3. The van der Waals surface area contributed by atoms with Gasteiger partial charge in [0.15, 0.2) is 94.9 Å². The molecule has 11 rings (SSSR count). The SMILES string of the molecule is C[n+]1ccc(Oc2cc(C=O)ccc2OP)c(Br)c1.C[n+]1ccc2oc3c(OP)ccc(C=O)c3c2c1.O=Cc1ccc(O)c2oc3cc[n+](O)cc3c12.O=Cc1ccc(OP)c2oc3ccncc3c12. The molecule has 11 aromatic rings. The van der Waals surface area contributed by atoms with Crippen molar-refractivity contribution in [3.8, 4) is 34.5 Å². The van der Waals surface area contributed by atoms with Crippen molar-refractivity contribution < 1.29 is 74.9 Å². The highest BCUT2D eigenvalue weighted by molar-refractivity contribution is 9.10. The number of carbonyl (C=O) groups is 4. The topological polar surface area (TPSA) is 210 Å². The second kappa shape index (κ2) is 21.8. The van der Waals surface area contributed by atoms with E-state index in [0.29, 0.717) is 90.4 Å². The molecule has 0 aliphatic heterocycles. The number of phenolic OH excluding ortho intramolecular Hbond substituents is 1. The van der Waals surface area contributed by atoms with Crippen LogP contribution in [-0.4, -0.2) is 40.4 Å². The van der Waals surface area contributed by atoms with E-state index in [-0.39, 0.29) is 11.3 Å². The van der Waals surface area contributed by atoms with Crippen LogP contribution in [0.3, 0.4) is 0 Å². The summed E-state index contributed by atoms with van der Waals surface area (Å²) >= 11 is 3.43. The van der Waals surface area contributed by atoms with Gasteiger partial charge in [-0.15, -0.1) is 0 Å². The first kappa shape index (κ1) is 49.5. The van der Waals surface area contributed by atoms with E-state index >= 15 is 0 Å². The average molecular weight is 1080 g/mol. The van der Waals surface area contributed by atoms with Crippen molar-refractivity contribution in [3.63, 3.8) is 0 Å². The van der Waals surface area contributed by atoms with Crippen LogP contribution < -0.4 is 32.2 Å². The third-order valence-corrected chi connectivity index (χ3v) is 12.1. The molecule has 21 heteroatoms. The maximum atomic E-state index is 11.2. The molecule has 7 aromatic heterocycles. The van der Waals surface area contributed by atoms with Gasteiger partial charge in [-0.3, -0.25) is 29.4 Å². The zero-order valence-corrected chi connectivity index (χ0v) is 42.3. The van der Waals surface area contributed by atoms with E-state index in [0.717, 1.165) is 55.2 Å². The van der Waals surface area contributed by atoms with Crippen molar-refractivity contribution >= 4 is 135 Å². The van der Waals surface area contributed by atoms with Gasteiger partial charge in [0, 0.05) is 73.1 Å². The van der Waals surface area contributed by atoms with Crippen LogP contribution in [0.25, 0.3) is 65.8 Å². The minimum Gasteiger partial charge on any atom is -0.504 e. The number of nitrogens with zero attached hydrogens (tertiary/aromatic N) is 4. The predicted octanol–water partition coefficient (Wildman–Crippen LogP) is 10.0. The zero-order chi connectivity index (χ0) is 50.3. The van der Waals surface area contributed by atoms with E-state index < -0.39 is 0 Å². The molecule has 0 aliphatic carbocycles. The van der Waals surface area contributed by atoms with E-state index in [9.17, 15) is 29.5 Å². The van der Waals surface area contributed by atoms with Gasteiger partial charge >= 0.3 is 0 Å². The van der Waals surface area contributed by atoms with Crippen LogP contribution in [0.2, 0.25) is 0 Å². The van der Waals surface area contributed by atoms with E-state index in [1.807, 2.05) is 60.1 Å². The number of aromatic hydroxyl groups is 1. The summed E-state index contributed by atoms with van der Waals surface area (Å²) in [6.45, 7) is 0. The lowest BCUT2D eigenvalue weighted by atomic mass is 10.1. The van der Waals surface area contributed by atoms with Crippen molar-refractivity contribution in [2.45, 2.75) is 0 Å². The Bertz CT molecular complexity index is 3840. The molecule has 7 heterocycles. The number of ether oxygens (including phenoxy) is 1. The van der Waals surface area contributed by atoms with Gasteiger partial charge in [-0.05, 0) is 76.6 Å². The Hall–Kier alpha value is -7.87. The van der Waals surface area contributed by atoms with Gasteiger partial charge in [-0.2, -0.15) is 0 Å². The Morgan fingerprint density at radius 3 is 1.69 bits per heavy atom. The summed E-state index contributed by atoms with van der Waals surface area (Å²) in [4.78, 5) is 48.0. The molecule has 3 unspecified atom stereocenters. The number of carbonyl (C=O) groups excluding carboxylic acids is 4. The minimum atomic E-state index is -0.0358. The lowest BCUT2D eigenvalue weighted by Gasteiger charge is -2.11. The summed E-state index contributed by atoms with van der Waals surface area (Å²) in [5.41, 5.74) is 5.42. The summed E-state index contributed by atoms with van der Waals surface area (Å²) in [5.74, 6) is 2.80. The van der Waals surface area contributed by atoms with Crippen molar-refractivity contribution in [1.29, 1.82) is 0 Å².